The van der Waals surface area contributed by atoms with E-state index in [1.165, 1.54) is 6.20 Å². The topological polar surface area (TPSA) is 50.2 Å². The van der Waals surface area contributed by atoms with Crippen molar-refractivity contribution in [3.05, 3.63) is 23.5 Å². The van der Waals surface area contributed by atoms with Crippen LogP contribution in [0.15, 0.2) is 12.3 Å². The first-order valence-corrected chi connectivity index (χ1v) is 3.91. The van der Waals surface area contributed by atoms with Crippen molar-refractivity contribution in [3.8, 4) is 5.75 Å². The summed E-state index contributed by atoms with van der Waals surface area (Å²) in [5, 5.41) is 9.11. The van der Waals surface area contributed by atoms with E-state index in [0.717, 1.165) is 18.5 Å². The van der Waals surface area contributed by atoms with Crippen LogP contribution in [0.2, 0.25) is 0 Å². The maximum Gasteiger partial charge on any atom is 0.153 e. The molecule has 0 radical (unpaired) electrons. The zero-order valence-electron chi connectivity index (χ0n) is 6.95. The van der Waals surface area contributed by atoms with Crippen molar-refractivity contribution >= 4 is 6.29 Å². The number of carbonyl (C=O) groups excluding carboxylic acids is 1. The predicted octanol–water partition coefficient (Wildman–Crippen LogP) is 1.55. The second kappa shape index (κ2) is 3.85. The van der Waals surface area contributed by atoms with Gasteiger partial charge >= 0.3 is 0 Å². The van der Waals surface area contributed by atoms with Crippen molar-refractivity contribution in [1.29, 1.82) is 0 Å². The van der Waals surface area contributed by atoms with Gasteiger partial charge in [0.25, 0.3) is 0 Å². The summed E-state index contributed by atoms with van der Waals surface area (Å²) < 4.78 is 0. The third-order valence-corrected chi connectivity index (χ3v) is 1.60. The molecule has 0 aliphatic carbocycles. The number of aromatic nitrogens is 1. The van der Waals surface area contributed by atoms with Crippen molar-refractivity contribution in [1.82, 2.24) is 4.98 Å². The lowest BCUT2D eigenvalue weighted by Crippen LogP contribution is -1.91. The van der Waals surface area contributed by atoms with Crippen molar-refractivity contribution in [2.75, 3.05) is 0 Å². The molecule has 1 aromatic heterocycles. The molecule has 1 N–H and O–H groups in total. The van der Waals surface area contributed by atoms with Crippen molar-refractivity contribution < 1.29 is 9.90 Å². The fourth-order valence-electron chi connectivity index (χ4n) is 0.997. The Morgan fingerprint density at radius 1 is 1.67 bits per heavy atom. The summed E-state index contributed by atoms with van der Waals surface area (Å²) in [4.78, 5) is 14.4. The van der Waals surface area contributed by atoms with E-state index in [1.807, 2.05) is 6.92 Å². The summed E-state index contributed by atoms with van der Waals surface area (Å²) in [6, 6.07) is 1.62. The van der Waals surface area contributed by atoms with Crippen LogP contribution in [0, 0.1) is 0 Å². The predicted molar refractivity (Wildman–Crippen MR) is 45.3 cm³/mol. The highest BCUT2D eigenvalue weighted by Crippen LogP contribution is 2.14. The summed E-state index contributed by atoms with van der Waals surface area (Å²) >= 11 is 0. The number of rotatable bonds is 3. The second-order valence-electron chi connectivity index (χ2n) is 2.60. The summed E-state index contributed by atoms with van der Waals surface area (Å²) in [6.45, 7) is 2.04. The van der Waals surface area contributed by atoms with Gasteiger partial charge in [-0.25, -0.2) is 0 Å². The molecular weight excluding hydrogens is 154 g/mol. The molecule has 0 fully saturated rings. The van der Waals surface area contributed by atoms with E-state index >= 15 is 0 Å². The number of aromatic hydroxyl groups is 1. The lowest BCUT2D eigenvalue weighted by molar-refractivity contribution is 0.112. The number of nitrogens with zero attached hydrogens (tertiary/aromatic N) is 1. The van der Waals surface area contributed by atoms with Crippen LogP contribution in [0.25, 0.3) is 0 Å². The third kappa shape index (κ3) is 1.81. The summed E-state index contributed by atoms with van der Waals surface area (Å²) in [5.74, 6) is -0.0511. The summed E-state index contributed by atoms with van der Waals surface area (Å²) in [7, 11) is 0. The third-order valence-electron chi connectivity index (χ3n) is 1.60. The standard InChI is InChI=1S/C9H11NO2/c1-2-3-8-4-7(6-11)9(12)5-10-8/h4-6,12H,2-3H2,1H3. The number of hydrogen-bond acceptors (Lipinski definition) is 3. The molecule has 0 unspecified atom stereocenters. The van der Waals surface area contributed by atoms with Gasteiger partial charge in [-0.05, 0) is 12.5 Å². The smallest absolute Gasteiger partial charge is 0.153 e. The maximum absolute atomic E-state index is 10.4. The van der Waals surface area contributed by atoms with Gasteiger partial charge in [-0.1, -0.05) is 13.3 Å². The Kier molecular flexibility index (Phi) is 2.80. The zero-order valence-corrected chi connectivity index (χ0v) is 6.95. The second-order valence-corrected chi connectivity index (χ2v) is 2.60. The Bertz CT molecular complexity index is 284. The molecule has 0 saturated heterocycles. The fraction of sp³-hybridized carbons (Fsp3) is 0.333. The van der Waals surface area contributed by atoms with Gasteiger partial charge in [-0.3, -0.25) is 9.78 Å². The Labute approximate surface area is 71.1 Å². The molecular formula is C9H11NO2. The van der Waals surface area contributed by atoms with Gasteiger partial charge in [-0.15, -0.1) is 0 Å². The summed E-state index contributed by atoms with van der Waals surface area (Å²) in [5.41, 5.74) is 1.16. The molecule has 0 aliphatic heterocycles. The van der Waals surface area contributed by atoms with Crippen LogP contribution in [0.4, 0.5) is 0 Å². The number of pyridine rings is 1. The number of aryl methyl sites for hydroxylation is 1. The molecule has 0 spiro atoms. The van der Waals surface area contributed by atoms with Gasteiger partial charge in [0.1, 0.15) is 5.75 Å². The van der Waals surface area contributed by atoms with Crippen LogP contribution in [-0.4, -0.2) is 16.4 Å². The molecule has 0 bridgehead atoms. The average molecular weight is 165 g/mol. The zero-order chi connectivity index (χ0) is 8.97. The minimum Gasteiger partial charge on any atom is -0.506 e. The van der Waals surface area contributed by atoms with Gasteiger partial charge in [0.2, 0.25) is 0 Å². The molecule has 0 aliphatic rings. The highest BCUT2D eigenvalue weighted by molar-refractivity contribution is 5.78. The number of carbonyl (C=O) groups is 1. The van der Waals surface area contributed by atoms with Crippen LogP contribution in [0.1, 0.15) is 29.4 Å². The minimum absolute atomic E-state index is 0.0511. The van der Waals surface area contributed by atoms with Crippen LogP contribution in [0.5, 0.6) is 5.75 Å². The molecule has 0 atom stereocenters. The molecule has 1 heterocycles. The quantitative estimate of drug-likeness (QED) is 0.691. The molecule has 12 heavy (non-hydrogen) atoms. The van der Waals surface area contributed by atoms with Crippen molar-refractivity contribution in [3.63, 3.8) is 0 Å². The lowest BCUT2D eigenvalue weighted by atomic mass is 10.2. The van der Waals surface area contributed by atoms with E-state index in [0.29, 0.717) is 11.8 Å². The molecule has 0 saturated carbocycles. The number of aldehydes is 1. The van der Waals surface area contributed by atoms with E-state index in [1.54, 1.807) is 6.07 Å². The normalized spacial score (nSPS) is 9.75. The Morgan fingerprint density at radius 2 is 2.42 bits per heavy atom. The van der Waals surface area contributed by atoms with Crippen LogP contribution in [-0.2, 0) is 6.42 Å². The van der Waals surface area contributed by atoms with Crippen LogP contribution < -0.4 is 0 Å². The Hall–Kier alpha value is -1.38. The molecule has 1 rings (SSSR count). The highest BCUT2D eigenvalue weighted by atomic mass is 16.3. The van der Waals surface area contributed by atoms with E-state index in [2.05, 4.69) is 4.98 Å². The van der Waals surface area contributed by atoms with Gasteiger partial charge < -0.3 is 5.11 Å². The van der Waals surface area contributed by atoms with Crippen LogP contribution >= 0.6 is 0 Å². The molecule has 0 amide bonds. The molecule has 64 valence electrons. The van der Waals surface area contributed by atoms with E-state index in [4.69, 9.17) is 5.11 Å². The first kappa shape index (κ1) is 8.71. The molecule has 1 aromatic rings. The van der Waals surface area contributed by atoms with Crippen LogP contribution in [0.3, 0.4) is 0 Å². The number of hydrogen-bond donors (Lipinski definition) is 1. The molecule has 3 heteroatoms. The first-order chi connectivity index (χ1) is 5.77. The molecule has 3 nitrogen and oxygen atoms in total. The Morgan fingerprint density at radius 3 is 3.00 bits per heavy atom. The van der Waals surface area contributed by atoms with E-state index < -0.39 is 0 Å². The molecule has 0 aromatic carbocycles. The fourth-order valence-corrected chi connectivity index (χ4v) is 0.997. The SMILES string of the molecule is CCCc1cc(C=O)c(O)cn1. The summed E-state index contributed by atoms with van der Waals surface area (Å²) in [6.07, 6.45) is 3.77. The first-order valence-electron chi connectivity index (χ1n) is 3.91. The van der Waals surface area contributed by atoms with Gasteiger partial charge in [-0.2, -0.15) is 0 Å². The van der Waals surface area contributed by atoms with Gasteiger partial charge in [0.15, 0.2) is 6.29 Å². The van der Waals surface area contributed by atoms with Gasteiger partial charge in [0.05, 0.1) is 11.8 Å². The minimum atomic E-state index is -0.0511. The largest absolute Gasteiger partial charge is 0.506 e. The van der Waals surface area contributed by atoms with E-state index in [9.17, 15) is 4.79 Å². The monoisotopic (exact) mass is 165 g/mol. The highest BCUT2D eigenvalue weighted by Gasteiger charge is 2.01. The Balaban J connectivity index is 2.96. The van der Waals surface area contributed by atoms with Crippen molar-refractivity contribution in [2.45, 2.75) is 19.8 Å². The lowest BCUT2D eigenvalue weighted by Gasteiger charge is -1.99. The maximum atomic E-state index is 10.4. The van der Waals surface area contributed by atoms with Gasteiger partial charge in [0, 0.05) is 5.69 Å². The average Bonchev–Trinajstić information content (AvgIpc) is 2.09. The van der Waals surface area contributed by atoms with Crippen molar-refractivity contribution in [2.24, 2.45) is 0 Å². The van der Waals surface area contributed by atoms with E-state index in [-0.39, 0.29) is 5.75 Å².